The molecule has 8 nitrogen and oxygen atoms in total. The highest BCUT2D eigenvalue weighted by atomic mass is 16.6. The molecule has 0 saturated heterocycles. The van der Waals surface area contributed by atoms with Gasteiger partial charge in [-0.1, -0.05) is 17.3 Å². The van der Waals surface area contributed by atoms with Gasteiger partial charge in [-0.3, -0.25) is 10.1 Å². The average molecular weight is 344 g/mol. The summed E-state index contributed by atoms with van der Waals surface area (Å²) in [6, 6.07) is 12.8. The molecular formula is C17H16N2O6. The molecule has 0 unspecified atom stereocenters. The van der Waals surface area contributed by atoms with Gasteiger partial charge in [0, 0.05) is 17.7 Å². The Bertz CT molecular complexity index is 786. The van der Waals surface area contributed by atoms with Crippen LogP contribution in [-0.2, 0) is 16.2 Å². The van der Waals surface area contributed by atoms with E-state index < -0.39 is 17.5 Å². The van der Waals surface area contributed by atoms with E-state index in [0.717, 1.165) is 11.1 Å². The molecule has 0 atom stereocenters. The second kappa shape index (κ2) is 8.44. The monoisotopic (exact) mass is 344 g/mol. The number of nitro benzene ring substituents is 1. The van der Waals surface area contributed by atoms with Gasteiger partial charge in [-0.25, -0.2) is 4.79 Å². The lowest BCUT2D eigenvalue weighted by Gasteiger charge is -2.06. The predicted molar refractivity (Wildman–Crippen MR) is 89.7 cm³/mol. The molecule has 0 fully saturated rings. The van der Waals surface area contributed by atoms with Crippen LogP contribution >= 0.6 is 0 Å². The van der Waals surface area contributed by atoms with Crippen molar-refractivity contribution in [3.63, 3.8) is 0 Å². The number of carboxylic acids is 1. The number of hydrogen-bond acceptors (Lipinski definition) is 6. The summed E-state index contributed by atoms with van der Waals surface area (Å²) < 4.78 is 5.11. The third kappa shape index (κ3) is 5.61. The minimum atomic E-state index is -1.05. The van der Waals surface area contributed by atoms with E-state index in [1.165, 1.54) is 12.1 Å². The SMILES string of the molecule is CC(=NOCc1ccc([N+](=O)[O-])cc1)c1cccc(OCC(=O)O)c1. The number of nitro groups is 1. The van der Waals surface area contributed by atoms with E-state index in [1.807, 2.05) is 0 Å². The van der Waals surface area contributed by atoms with Gasteiger partial charge in [-0.05, 0) is 36.8 Å². The van der Waals surface area contributed by atoms with Gasteiger partial charge in [0.1, 0.15) is 12.4 Å². The van der Waals surface area contributed by atoms with Gasteiger partial charge in [-0.15, -0.1) is 0 Å². The molecular weight excluding hydrogens is 328 g/mol. The Hall–Kier alpha value is -3.42. The molecule has 0 aromatic heterocycles. The topological polar surface area (TPSA) is 111 Å². The molecule has 1 N–H and O–H groups in total. The summed E-state index contributed by atoms with van der Waals surface area (Å²) in [7, 11) is 0. The van der Waals surface area contributed by atoms with Crippen LogP contribution in [0, 0.1) is 10.1 Å². The largest absolute Gasteiger partial charge is 0.482 e. The number of rotatable bonds is 8. The van der Waals surface area contributed by atoms with Crippen LogP contribution in [0.25, 0.3) is 0 Å². The van der Waals surface area contributed by atoms with E-state index in [1.54, 1.807) is 43.3 Å². The first-order chi connectivity index (χ1) is 12.0. The van der Waals surface area contributed by atoms with Gasteiger partial charge >= 0.3 is 5.97 Å². The third-order valence-electron chi connectivity index (χ3n) is 3.19. The summed E-state index contributed by atoms with van der Waals surface area (Å²) >= 11 is 0. The maximum atomic E-state index is 10.6. The summed E-state index contributed by atoms with van der Waals surface area (Å²) in [6.07, 6.45) is 0. The molecule has 0 saturated carbocycles. The minimum absolute atomic E-state index is 0.0154. The van der Waals surface area contributed by atoms with Gasteiger partial charge in [0.25, 0.3) is 5.69 Å². The molecule has 0 spiro atoms. The maximum Gasteiger partial charge on any atom is 0.341 e. The van der Waals surface area contributed by atoms with E-state index in [2.05, 4.69) is 5.16 Å². The number of carbonyl (C=O) groups is 1. The molecule has 0 aliphatic heterocycles. The van der Waals surface area contributed by atoms with E-state index in [0.29, 0.717) is 11.5 Å². The van der Waals surface area contributed by atoms with Crippen LogP contribution in [0.5, 0.6) is 5.75 Å². The van der Waals surface area contributed by atoms with Crippen molar-refractivity contribution in [1.29, 1.82) is 0 Å². The second-order valence-electron chi connectivity index (χ2n) is 5.08. The second-order valence-corrected chi connectivity index (χ2v) is 5.08. The van der Waals surface area contributed by atoms with Crippen LogP contribution in [0.3, 0.4) is 0 Å². The van der Waals surface area contributed by atoms with Gasteiger partial charge < -0.3 is 14.7 Å². The maximum absolute atomic E-state index is 10.6. The van der Waals surface area contributed by atoms with E-state index >= 15 is 0 Å². The first-order valence-electron chi connectivity index (χ1n) is 7.30. The molecule has 2 rings (SSSR count). The zero-order valence-electron chi connectivity index (χ0n) is 13.4. The van der Waals surface area contributed by atoms with Crippen molar-refractivity contribution < 1.29 is 24.4 Å². The van der Waals surface area contributed by atoms with Gasteiger partial charge in [0.15, 0.2) is 6.61 Å². The Morgan fingerprint density at radius 1 is 1.24 bits per heavy atom. The Kier molecular flexibility index (Phi) is 6.05. The summed E-state index contributed by atoms with van der Waals surface area (Å²) in [6.45, 7) is 1.49. The number of nitrogens with zero attached hydrogens (tertiary/aromatic N) is 2. The normalized spacial score (nSPS) is 11.0. The summed E-state index contributed by atoms with van der Waals surface area (Å²) in [4.78, 5) is 25.9. The van der Waals surface area contributed by atoms with Crippen LogP contribution in [0.1, 0.15) is 18.1 Å². The molecule has 0 radical (unpaired) electrons. The molecule has 0 amide bonds. The highest BCUT2D eigenvalue weighted by Crippen LogP contribution is 2.15. The number of carboxylic acid groups (broad SMARTS) is 1. The number of ether oxygens (including phenoxy) is 1. The van der Waals surface area contributed by atoms with E-state index in [4.69, 9.17) is 14.7 Å². The standard InChI is InChI=1S/C17H16N2O6/c1-12(14-3-2-4-16(9-14)24-11-17(20)21)18-25-10-13-5-7-15(8-6-13)19(22)23/h2-9H,10-11H2,1H3,(H,20,21). The number of aliphatic carboxylic acids is 1. The first-order valence-corrected chi connectivity index (χ1v) is 7.30. The van der Waals surface area contributed by atoms with Crippen molar-refractivity contribution in [3.8, 4) is 5.75 Å². The van der Waals surface area contributed by atoms with Crippen LogP contribution in [0.4, 0.5) is 5.69 Å². The molecule has 0 heterocycles. The lowest BCUT2D eigenvalue weighted by atomic mass is 10.1. The fraction of sp³-hybridized carbons (Fsp3) is 0.176. The molecule has 0 aliphatic rings. The molecule has 0 bridgehead atoms. The van der Waals surface area contributed by atoms with Crippen LogP contribution < -0.4 is 4.74 Å². The highest BCUT2D eigenvalue weighted by Gasteiger charge is 2.05. The van der Waals surface area contributed by atoms with Crippen molar-refractivity contribution in [1.82, 2.24) is 0 Å². The lowest BCUT2D eigenvalue weighted by Crippen LogP contribution is -2.09. The number of oxime groups is 1. The Morgan fingerprint density at radius 2 is 1.96 bits per heavy atom. The van der Waals surface area contributed by atoms with Crippen molar-refractivity contribution >= 4 is 17.4 Å². The fourth-order valence-electron chi connectivity index (χ4n) is 1.93. The van der Waals surface area contributed by atoms with Crippen molar-refractivity contribution in [2.75, 3.05) is 6.61 Å². The average Bonchev–Trinajstić information content (AvgIpc) is 2.60. The Balaban J connectivity index is 1.95. The summed E-state index contributed by atoms with van der Waals surface area (Å²) in [5, 5.41) is 23.2. The third-order valence-corrected chi connectivity index (χ3v) is 3.19. The predicted octanol–water partition coefficient (Wildman–Crippen LogP) is 3.00. The molecule has 8 heteroatoms. The minimum Gasteiger partial charge on any atom is -0.482 e. The zero-order chi connectivity index (χ0) is 18.2. The molecule has 0 aliphatic carbocycles. The smallest absolute Gasteiger partial charge is 0.341 e. The Labute approximate surface area is 143 Å². The first kappa shape index (κ1) is 17.9. The van der Waals surface area contributed by atoms with E-state index in [9.17, 15) is 14.9 Å². The summed E-state index contributed by atoms with van der Waals surface area (Å²) in [5.74, 6) is -0.632. The van der Waals surface area contributed by atoms with Crippen LogP contribution in [0.15, 0.2) is 53.7 Å². The van der Waals surface area contributed by atoms with Gasteiger partial charge in [-0.2, -0.15) is 0 Å². The Morgan fingerprint density at radius 3 is 2.60 bits per heavy atom. The highest BCUT2D eigenvalue weighted by molar-refractivity contribution is 5.98. The summed E-state index contributed by atoms with van der Waals surface area (Å²) in [5.41, 5.74) is 2.08. The van der Waals surface area contributed by atoms with Crippen molar-refractivity contribution in [2.45, 2.75) is 13.5 Å². The van der Waals surface area contributed by atoms with Crippen LogP contribution in [0.2, 0.25) is 0 Å². The molecule has 25 heavy (non-hydrogen) atoms. The number of hydrogen-bond donors (Lipinski definition) is 1. The zero-order valence-corrected chi connectivity index (χ0v) is 13.4. The number of non-ortho nitro benzene ring substituents is 1. The number of benzene rings is 2. The molecule has 2 aromatic carbocycles. The van der Waals surface area contributed by atoms with Gasteiger partial charge in [0.05, 0.1) is 10.6 Å². The van der Waals surface area contributed by atoms with E-state index in [-0.39, 0.29) is 12.3 Å². The van der Waals surface area contributed by atoms with Crippen LogP contribution in [-0.4, -0.2) is 28.3 Å². The quantitative estimate of drug-likeness (QED) is 0.447. The van der Waals surface area contributed by atoms with Crippen molar-refractivity contribution in [2.24, 2.45) is 5.16 Å². The van der Waals surface area contributed by atoms with Gasteiger partial charge in [0.2, 0.25) is 0 Å². The lowest BCUT2D eigenvalue weighted by molar-refractivity contribution is -0.384. The van der Waals surface area contributed by atoms with Crippen molar-refractivity contribution in [3.05, 3.63) is 69.8 Å². The molecule has 2 aromatic rings. The molecule has 130 valence electrons. The fourth-order valence-corrected chi connectivity index (χ4v) is 1.93.